The number of carbonyl (C=O) groups is 1. The molecule has 4 aromatic rings. The van der Waals surface area contributed by atoms with Crippen molar-refractivity contribution in [2.75, 3.05) is 24.7 Å². The van der Waals surface area contributed by atoms with Crippen molar-refractivity contribution in [1.82, 2.24) is 5.32 Å². The molecule has 2 unspecified atom stereocenters. The number of ether oxygens (including phenoxy) is 3. The van der Waals surface area contributed by atoms with Crippen molar-refractivity contribution in [3.8, 4) is 17.2 Å². The standard InChI is InChI=1S/C31H31N5O6S/c1-40-26-13-8-19(15-27(26)41-2)30(37)35-31-24(14-18-6-4-3-5-7-18)23-16-21(17-25(29(33)34)28(23)42-31)36-43(38,39)22-11-9-20(32)10-12-22/h3-13,15-17,24,31,36H,14,32H2,1-2H3,(H3,33,34)(H,35,37). The van der Waals surface area contributed by atoms with E-state index >= 15 is 0 Å². The molecular formula is C31H31N5O6S. The third-order valence-corrected chi connectivity index (χ3v) is 8.47. The van der Waals surface area contributed by atoms with Crippen molar-refractivity contribution in [3.63, 3.8) is 0 Å². The second-order valence-electron chi connectivity index (χ2n) is 9.91. The van der Waals surface area contributed by atoms with E-state index in [2.05, 4.69) is 10.0 Å². The second kappa shape index (κ2) is 11.9. The van der Waals surface area contributed by atoms with Crippen LogP contribution in [0.1, 0.15) is 33.0 Å². The Bertz CT molecular complexity index is 1780. The molecule has 222 valence electrons. The lowest BCUT2D eigenvalue weighted by Gasteiger charge is -2.21. The van der Waals surface area contributed by atoms with Crippen molar-refractivity contribution in [2.45, 2.75) is 23.5 Å². The highest BCUT2D eigenvalue weighted by Gasteiger charge is 2.38. The summed E-state index contributed by atoms with van der Waals surface area (Å²) in [6.45, 7) is 0. The molecular weight excluding hydrogens is 570 g/mol. The van der Waals surface area contributed by atoms with E-state index in [0.29, 0.717) is 40.5 Å². The van der Waals surface area contributed by atoms with E-state index in [-0.39, 0.29) is 22.0 Å². The summed E-state index contributed by atoms with van der Waals surface area (Å²) in [7, 11) is -1.01. The van der Waals surface area contributed by atoms with Crippen LogP contribution in [0, 0.1) is 5.41 Å². The summed E-state index contributed by atoms with van der Waals surface area (Å²) in [6.07, 6.45) is -0.422. The Morgan fingerprint density at radius 2 is 1.65 bits per heavy atom. The van der Waals surface area contributed by atoms with Crippen molar-refractivity contribution in [3.05, 3.63) is 107 Å². The van der Waals surface area contributed by atoms with Gasteiger partial charge in [-0.05, 0) is 66.6 Å². The maximum atomic E-state index is 13.4. The fourth-order valence-corrected chi connectivity index (χ4v) is 6.00. The van der Waals surface area contributed by atoms with E-state index < -0.39 is 28.1 Å². The lowest BCUT2D eigenvalue weighted by Crippen LogP contribution is -2.41. The minimum atomic E-state index is -4.00. The third kappa shape index (κ3) is 6.19. The van der Waals surface area contributed by atoms with Gasteiger partial charge in [0, 0.05) is 22.7 Å². The number of rotatable bonds is 10. The number of benzene rings is 4. The smallest absolute Gasteiger partial charge is 0.261 e. The monoisotopic (exact) mass is 601 g/mol. The zero-order valence-electron chi connectivity index (χ0n) is 23.5. The molecule has 0 aliphatic carbocycles. The second-order valence-corrected chi connectivity index (χ2v) is 11.6. The molecule has 0 aromatic heterocycles. The number of nitrogen functional groups attached to an aromatic ring is 2. The maximum Gasteiger partial charge on any atom is 0.261 e. The van der Waals surface area contributed by atoms with Gasteiger partial charge in [0.15, 0.2) is 17.7 Å². The molecule has 0 bridgehead atoms. The molecule has 2 atom stereocenters. The van der Waals surface area contributed by atoms with Crippen molar-refractivity contribution in [2.24, 2.45) is 5.73 Å². The van der Waals surface area contributed by atoms with Crippen LogP contribution in [0.25, 0.3) is 0 Å². The molecule has 12 heteroatoms. The Balaban J connectivity index is 1.52. The predicted molar refractivity (Wildman–Crippen MR) is 163 cm³/mol. The van der Waals surface area contributed by atoms with Crippen LogP contribution in [0.4, 0.5) is 11.4 Å². The predicted octanol–water partition coefficient (Wildman–Crippen LogP) is 3.85. The van der Waals surface area contributed by atoms with E-state index in [0.717, 1.165) is 5.56 Å². The molecule has 1 aliphatic heterocycles. The number of carbonyl (C=O) groups excluding carboxylic acids is 1. The number of hydrogen-bond donors (Lipinski definition) is 5. The van der Waals surface area contributed by atoms with Crippen LogP contribution in [0.3, 0.4) is 0 Å². The first-order chi connectivity index (χ1) is 20.6. The number of hydrogen-bond acceptors (Lipinski definition) is 8. The minimum Gasteiger partial charge on any atom is -0.493 e. The quantitative estimate of drug-likeness (QED) is 0.103. The first kappa shape index (κ1) is 29.3. The number of methoxy groups -OCH3 is 2. The van der Waals surface area contributed by atoms with Crippen molar-refractivity contribution in [1.29, 1.82) is 5.41 Å². The largest absolute Gasteiger partial charge is 0.493 e. The average molecular weight is 602 g/mol. The zero-order chi connectivity index (χ0) is 30.7. The molecule has 0 spiro atoms. The summed E-state index contributed by atoms with van der Waals surface area (Å²) in [5, 5.41) is 11.2. The van der Waals surface area contributed by atoms with E-state index in [4.69, 9.17) is 31.1 Å². The lowest BCUT2D eigenvalue weighted by molar-refractivity contribution is 0.0826. The van der Waals surface area contributed by atoms with E-state index in [1.54, 1.807) is 24.3 Å². The van der Waals surface area contributed by atoms with Gasteiger partial charge in [-0.1, -0.05) is 30.3 Å². The molecule has 0 saturated heterocycles. The number of nitrogens with two attached hydrogens (primary N) is 2. The first-order valence-electron chi connectivity index (χ1n) is 13.2. The Labute approximate surface area is 249 Å². The highest BCUT2D eigenvalue weighted by atomic mass is 32.2. The van der Waals surface area contributed by atoms with Gasteiger partial charge in [0.05, 0.1) is 30.4 Å². The van der Waals surface area contributed by atoms with Gasteiger partial charge in [-0.25, -0.2) is 8.42 Å². The minimum absolute atomic E-state index is 0.0173. The molecule has 0 radical (unpaired) electrons. The van der Waals surface area contributed by atoms with Crippen LogP contribution < -0.4 is 35.7 Å². The maximum absolute atomic E-state index is 13.4. The van der Waals surface area contributed by atoms with Gasteiger partial charge in [0.25, 0.3) is 15.9 Å². The Morgan fingerprint density at radius 3 is 2.30 bits per heavy atom. The fourth-order valence-electron chi connectivity index (χ4n) is 4.96. The Kier molecular flexibility index (Phi) is 8.13. The number of anilines is 2. The van der Waals surface area contributed by atoms with Gasteiger partial charge in [0.2, 0.25) is 0 Å². The highest BCUT2D eigenvalue weighted by Crippen LogP contribution is 2.44. The molecule has 0 fully saturated rings. The summed E-state index contributed by atoms with van der Waals surface area (Å²) in [4.78, 5) is 13.4. The first-order valence-corrected chi connectivity index (χ1v) is 14.7. The van der Waals surface area contributed by atoms with Crippen LogP contribution >= 0.6 is 0 Å². The van der Waals surface area contributed by atoms with Crippen molar-refractivity contribution < 1.29 is 27.4 Å². The molecule has 11 nitrogen and oxygen atoms in total. The van der Waals surface area contributed by atoms with Crippen molar-refractivity contribution >= 4 is 33.1 Å². The van der Waals surface area contributed by atoms with Gasteiger partial charge in [-0.2, -0.15) is 0 Å². The average Bonchev–Trinajstić information content (AvgIpc) is 3.32. The van der Waals surface area contributed by atoms with Crippen LogP contribution in [0.2, 0.25) is 0 Å². The normalized spacial score (nSPS) is 15.6. The number of amides is 1. The Morgan fingerprint density at radius 1 is 0.953 bits per heavy atom. The van der Waals surface area contributed by atoms with Gasteiger partial charge in [-0.3, -0.25) is 14.9 Å². The third-order valence-electron chi connectivity index (χ3n) is 7.08. The van der Waals surface area contributed by atoms with E-state index in [1.165, 1.54) is 44.6 Å². The highest BCUT2D eigenvalue weighted by molar-refractivity contribution is 7.92. The van der Waals surface area contributed by atoms with Gasteiger partial charge >= 0.3 is 0 Å². The van der Waals surface area contributed by atoms with Crippen LogP contribution in [0.15, 0.2) is 89.8 Å². The molecule has 7 N–H and O–H groups in total. The number of fused-ring (bicyclic) bond motifs is 1. The SMILES string of the molecule is COc1ccc(C(=O)NC2Oc3c(C(=N)N)cc(NS(=O)(=O)c4ccc(N)cc4)cc3C2Cc2ccccc2)cc1OC. The number of sulfonamides is 1. The van der Waals surface area contributed by atoms with Gasteiger partial charge in [-0.15, -0.1) is 0 Å². The molecule has 1 aliphatic rings. The number of amidine groups is 1. The Hall–Kier alpha value is -5.23. The molecule has 4 aromatic carbocycles. The summed E-state index contributed by atoms with van der Waals surface area (Å²) < 4.78 is 45.8. The lowest BCUT2D eigenvalue weighted by atomic mass is 9.90. The van der Waals surface area contributed by atoms with Crippen LogP contribution in [-0.4, -0.2) is 40.6 Å². The van der Waals surface area contributed by atoms with Gasteiger partial charge in [0.1, 0.15) is 11.6 Å². The summed E-state index contributed by atoms with van der Waals surface area (Å²) in [5.41, 5.74) is 14.3. The van der Waals surface area contributed by atoms with Gasteiger partial charge < -0.3 is 31.0 Å². The topological polar surface area (TPSA) is 179 Å². The van der Waals surface area contributed by atoms with Crippen LogP contribution in [-0.2, 0) is 16.4 Å². The molecule has 5 rings (SSSR count). The van der Waals surface area contributed by atoms with E-state index in [9.17, 15) is 13.2 Å². The molecule has 43 heavy (non-hydrogen) atoms. The molecule has 1 amide bonds. The van der Waals surface area contributed by atoms with Crippen LogP contribution in [0.5, 0.6) is 17.2 Å². The summed E-state index contributed by atoms with van der Waals surface area (Å²) in [6, 6.07) is 23.3. The van der Waals surface area contributed by atoms with E-state index in [1.807, 2.05) is 30.3 Å². The summed E-state index contributed by atoms with van der Waals surface area (Å²) in [5.74, 6) is -0.0447. The zero-order valence-corrected chi connectivity index (χ0v) is 24.3. The molecule has 0 saturated carbocycles. The number of nitrogens with one attached hydrogen (secondary N) is 3. The fraction of sp³-hybridized carbons (Fsp3) is 0.161. The summed E-state index contributed by atoms with van der Waals surface area (Å²) >= 11 is 0. The molecule has 1 heterocycles.